The number of thiocarbonyl (C=S) groups is 4. The quantitative estimate of drug-likeness (QED) is 0.437. The number of hydrogen-bond acceptors (Lipinski definition) is 6. The van der Waals surface area contributed by atoms with E-state index in [1.54, 1.807) is 23.5 Å². The smallest absolute Gasteiger partial charge is 0.146 e. The molecule has 0 spiro atoms. The molecular weight excluding hydrogens is 389 g/mol. The van der Waals surface area contributed by atoms with Gasteiger partial charge >= 0.3 is 0 Å². The number of thioether (sulfide) groups is 2. The Bertz CT molecular complexity index is 506. The van der Waals surface area contributed by atoms with Gasteiger partial charge in [0.2, 0.25) is 0 Å². The molecule has 8 heteroatoms. The van der Waals surface area contributed by atoms with Crippen molar-refractivity contribution in [1.29, 1.82) is 0 Å². The summed E-state index contributed by atoms with van der Waals surface area (Å²) in [7, 11) is 0. The van der Waals surface area contributed by atoms with E-state index in [0.29, 0.717) is 0 Å². The predicted molar refractivity (Wildman–Crippen MR) is 116 cm³/mol. The lowest BCUT2D eigenvalue weighted by atomic mass is 10.3. The molecule has 0 unspecified atom stereocenters. The van der Waals surface area contributed by atoms with Gasteiger partial charge in [0.05, 0.1) is 9.81 Å². The molecule has 22 heavy (non-hydrogen) atoms. The summed E-state index contributed by atoms with van der Waals surface area (Å²) in [6.07, 6.45) is 4.42. The van der Waals surface area contributed by atoms with Crippen LogP contribution < -0.4 is 0 Å². The molecule has 2 saturated heterocycles. The first kappa shape index (κ1) is 18.7. The number of hydrogen-bond donors (Lipinski definition) is 0. The highest BCUT2D eigenvalue weighted by Crippen LogP contribution is 2.43. The highest BCUT2D eigenvalue weighted by Gasteiger charge is 2.37. The summed E-state index contributed by atoms with van der Waals surface area (Å²) >= 11 is 25.3. The van der Waals surface area contributed by atoms with Gasteiger partial charge in [-0.1, -0.05) is 99.1 Å². The van der Waals surface area contributed by atoms with E-state index in [2.05, 4.69) is 23.6 Å². The summed E-state index contributed by atoms with van der Waals surface area (Å²) in [4.78, 5) is 7.78. The molecular formula is C14H18N2S6. The second-order valence-electron chi connectivity index (χ2n) is 5.01. The zero-order chi connectivity index (χ0) is 16.3. The largest absolute Gasteiger partial charge is 0.317 e. The SMILES string of the molecule is CCCCN1C(=S)S/C(=C2/SC(=S)N(CCCC)C2=S)C1=S. The fourth-order valence-corrected chi connectivity index (χ4v) is 6.09. The van der Waals surface area contributed by atoms with Crippen LogP contribution in [0.3, 0.4) is 0 Å². The maximum Gasteiger partial charge on any atom is 0.146 e. The summed E-state index contributed by atoms with van der Waals surface area (Å²) in [6, 6.07) is 0. The topological polar surface area (TPSA) is 6.48 Å². The van der Waals surface area contributed by atoms with Crippen LogP contribution in [0.5, 0.6) is 0 Å². The second-order valence-corrected chi connectivity index (χ2v) is 9.08. The summed E-state index contributed by atoms with van der Waals surface area (Å²) in [5.74, 6) is 0. The Morgan fingerprint density at radius 1 is 0.727 bits per heavy atom. The van der Waals surface area contributed by atoms with Crippen LogP contribution in [0.2, 0.25) is 0 Å². The van der Waals surface area contributed by atoms with Gasteiger partial charge in [-0.3, -0.25) is 0 Å². The van der Waals surface area contributed by atoms with E-state index >= 15 is 0 Å². The minimum Gasteiger partial charge on any atom is -0.317 e. The van der Waals surface area contributed by atoms with Crippen LogP contribution in [0.15, 0.2) is 9.81 Å². The Kier molecular flexibility index (Phi) is 7.22. The predicted octanol–water partition coefficient (Wildman–Crippen LogP) is 5.12. The minimum atomic E-state index is 0.813. The van der Waals surface area contributed by atoms with Crippen LogP contribution in [0.4, 0.5) is 0 Å². The van der Waals surface area contributed by atoms with Gasteiger partial charge in [-0.2, -0.15) is 0 Å². The Balaban J connectivity index is 2.21. The summed E-state index contributed by atoms with van der Waals surface area (Å²) < 4.78 is 1.67. The van der Waals surface area contributed by atoms with Crippen molar-refractivity contribution in [3.05, 3.63) is 9.81 Å². The van der Waals surface area contributed by atoms with Crippen molar-refractivity contribution in [3.63, 3.8) is 0 Å². The molecule has 2 aliphatic rings. The molecule has 0 radical (unpaired) electrons. The van der Waals surface area contributed by atoms with E-state index in [1.807, 2.05) is 0 Å². The van der Waals surface area contributed by atoms with Gasteiger partial charge in [-0.05, 0) is 12.8 Å². The highest BCUT2D eigenvalue weighted by molar-refractivity contribution is 8.30. The van der Waals surface area contributed by atoms with Gasteiger partial charge in [0, 0.05) is 13.1 Å². The zero-order valence-corrected chi connectivity index (χ0v) is 17.5. The van der Waals surface area contributed by atoms with Crippen molar-refractivity contribution >= 4 is 91.0 Å². The normalized spacial score (nSPS) is 22.5. The van der Waals surface area contributed by atoms with Gasteiger partial charge in [-0.15, -0.1) is 0 Å². The summed E-state index contributed by atoms with van der Waals surface area (Å²) in [5.41, 5.74) is 0. The number of nitrogens with zero attached hydrogens (tertiary/aromatic N) is 2. The molecule has 0 aromatic heterocycles. The molecule has 0 N–H and O–H groups in total. The van der Waals surface area contributed by atoms with E-state index in [1.165, 1.54) is 0 Å². The maximum absolute atomic E-state index is 5.63. The first-order valence-electron chi connectivity index (χ1n) is 7.32. The Labute approximate surface area is 162 Å². The molecule has 120 valence electrons. The second kappa shape index (κ2) is 8.48. The zero-order valence-electron chi connectivity index (χ0n) is 12.6. The minimum absolute atomic E-state index is 0.813. The van der Waals surface area contributed by atoms with E-state index in [4.69, 9.17) is 48.9 Å². The van der Waals surface area contributed by atoms with Crippen LogP contribution in [0.25, 0.3) is 0 Å². The molecule has 2 nitrogen and oxygen atoms in total. The van der Waals surface area contributed by atoms with Gasteiger partial charge in [0.1, 0.15) is 18.6 Å². The number of unbranched alkanes of at least 4 members (excludes halogenated alkanes) is 2. The first-order chi connectivity index (χ1) is 10.5. The van der Waals surface area contributed by atoms with Crippen molar-refractivity contribution < 1.29 is 0 Å². The van der Waals surface area contributed by atoms with Crippen molar-refractivity contribution in [1.82, 2.24) is 9.80 Å². The third-order valence-electron chi connectivity index (χ3n) is 3.38. The van der Waals surface area contributed by atoms with Gasteiger partial charge in [0.25, 0.3) is 0 Å². The number of rotatable bonds is 6. The molecule has 2 heterocycles. The average Bonchev–Trinajstić information content (AvgIpc) is 2.92. The monoisotopic (exact) mass is 406 g/mol. The molecule has 0 bridgehead atoms. The molecule has 0 amide bonds. The van der Waals surface area contributed by atoms with Crippen LogP contribution in [0.1, 0.15) is 39.5 Å². The van der Waals surface area contributed by atoms with Crippen molar-refractivity contribution in [3.8, 4) is 0 Å². The van der Waals surface area contributed by atoms with E-state index in [-0.39, 0.29) is 0 Å². The van der Waals surface area contributed by atoms with Crippen molar-refractivity contribution in [2.24, 2.45) is 0 Å². The standard InChI is InChI=1S/C14H18N2S6/c1-3-5-7-15-11(17)9(21-13(15)19)10-12(18)16(8-6-4-2)14(20)22-10/h3-8H2,1-2H3/b10-9+. The fourth-order valence-electron chi connectivity index (χ4n) is 2.09. The molecule has 0 atom stereocenters. The average molecular weight is 407 g/mol. The third kappa shape index (κ3) is 3.89. The van der Waals surface area contributed by atoms with E-state index < -0.39 is 0 Å². The van der Waals surface area contributed by atoms with E-state index in [0.717, 1.165) is 67.2 Å². The fraction of sp³-hybridized carbons (Fsp3) is 0.571. The van der Waals surface area contributed by atoms with Crippen LogP contribution in [-0.2, 0) is 0 Å². The molecule has 2 rings (SSSR count). The Morgan fingerprint density at radius 2 is 1.09 bits per heavy atom. The lowest BCUT2D eigenvalue weighted by Gasteiger charge is -2.17. The molecule has 0 aromatic rings. The van der Waals surface area contributed by atoms with Crippen LogP contribution >= 0.6 is 72.4 Å². The molecule has 0 aromatic carbocycles. The van der Waals surface area contributed by atoms with Gasteiger partial charge in [0.15, 0.2) is 0 Å². The third-order valence-corrected chi connectivity index (χ3v) is 7.55. The van der Waals surface area contributed by atoms with E-state index in [9.17, 15) is 0 Å². The Morgan fingerprint density at radius 3 is 1.41 bits per heavy atom. The Hall–Kier alpha value is 0.400. The maximum atomic E-state index is 5.63. The molecule has 2 aliphatic heterocycles. The van der Waals surface area contributed by atoms with Gasteiger partial charge in [-0.25, -0.2) is 0 Å². The molecule has 0 saturated carbocycles. The lowest BCUT2D eigenvalue weighted by molar-refractivity contribution is 0.593. The van der Waals surface area contributed by atoms with Gasteiger partial charge < -0.3 is 9.80 Å². The van der Waals surface area contributed by atoms with Crippen LogP contribution in [-0.4, -0.2) is 41.5 Å². The first-order valence-corrected chi connectivity index (χ1v) is 10.6. The molecule has 2 fully saturated rings. The van der Waals surface area contributed by atoms with Crippen LogP contribution in [0, 0.1) is 0 Å². The lowest BCUT2D eigenvalue weighted by Crippen LogP contribution is -2.29. The van der Waals surface area contributed by atoms with Crippen molar-refractivity contribution in [2.45, 2.75) is 39.5 Å². The van der Waals surface area contributed by atoms with Crippen molar-refractivity contribution in [2.75, 3.05) is 13.1 Å². The summed E-state index contributed by atoms with van der Waals surface area (Å²) in [6.45, 7) is 6.11. The highest BCUT2D eigenvalue weighted by atomic mass is 32.2. The molecule has 0 aliphatic carbocycles. The summed E-state index contributed by atoms with van der Waals surface area (Å²) in [5, 5.41) is 0.